The summed E-state index contributed by atoms with van der Waals surface area (Å²) in [6, 6.07) is 16.2. The zero-order chi connectivity index (χ0) is 19.6. The molecule has 0 aliphatic heterocycles. The molecule has 144 valence electrons. The van der Waals surface area contributed by atoms with Gasteiger partial charge in [0.2, 0.25) is 5.91 Å². The van der Waals surface area contributed by atoms with Crippen molar-refractivity contribution < 1.29 is 14.3 Å². The summed E-state index contributed by atoms with van der Waals surface area (Å²) in [4.78, 5) is 26.7. The molecule has 1 unspecified atom stereocenters. The molecule has 1 N–H and O–H groups in total. The fourth-order valence-corrected chi connectivity index (χ4v) is 3.03. The lowest BCUT2D eigenvalue weighted by molar-refractivity contribution is -0.142. The Morgan fingerprint density at radius 3 is 2.52 bits per heavy atom. The van der Waals surface area contributed by atoms with Gasteiger partial charge >= 0.3 is 0 Å². The van der Waals surface area contributed by atoms with E-state index in [1.807, 2.05) is 37.3 Å². The molecule has 2 aromatic rings. The van der Waals surface area contributed by atoms with Gasteiger partial charge in [0, 0.05) is 18.6 Å². The molecule has 0 saturated carbocycles. The maximum absolute atomic E-state index is 12.8. The monoisotopic (exact) mass is 388 g/mol. The highest BCUT2D eigenvalue weighted by Gasteiger charge is 2.27. The van der Waals surface area contributed by atoms with Crippen molar-refractivity contribution in [3.05, 3.63) is 65.2 Å². The van der Waals surface area contributed by atoms with E-state index >= 15 is 0 Å². The largest absolute Gasteiger partial charge is 0.484 e. The summed E-state index contributed by atoms with van der Waals surface area (Å²) in [7, 11) is 1.58. The molecule has 2 amide bonds. The van der Waals surface area contributed by atoms with Crippen molar-refractivity contribution in [3.8, 4) is 5.75 Å². The maximum Gasteiger partial charge on any atom is 0.261 e. The minimum atomic E-state index is -0.533. The van der Waals surface area contributed by atoms with Crippen LogP contribution in [0.2, 0.25) is 5.02 Å². The molecule has 0 saturated heterocycles. The van der Waals surface area contributed by atoms with E-state index in [9.17, 15) is 9.59 Å². The Kier molecular flexibility index (Phi) is 8.14. The molecule has 0 heterocycles. The first kappa shape index (κ1) is 20.8. The van der Waals surface area contributed by atoms with E-state index in [4.69, 9.17) is 16.3 Å². The van der Waals surface area contributed by atoms with Crippen LogP contribution in [0.1, 0.15) is 18.9 Å². The number of halogens is 1. The van der Waals surface area contributed by atoms with Gasteiger partial charge in [-0.3, -0.25) is 9.59 Å². The summed E-state index contributed by atoms with van der Waals surface area (Å²) < 4.78 is 5.58. The zero-order valence-corrected chi connectivity index (χ0v) is 16.4. The minimum Gasteiger partial charge on any atom is -0.484 e. The van der Waals surface area contributed by atoms with Crippen molar-refractivity contribution >= 4 is 23.4 Å². The highest BCUT2D eigenvalue weighted by Crippen LogP contribution is 2.17. The van der Waals surface area contributed by atoms with Crippen molar-refractivity contribution in [2.75, 3.05) is 20.2 Å². The van der Waals surface area contributed by atoms with E-state index in [1.165, 1.54) is 0 Å². The predicted octanol–water partition coefficient (Wildman–Crippen LogP) is 3.31. The van der Waals surface area contributed by atoms with E-state index in [2.05, 4.69) is 5.32 Å². The van der Waals surface area contributed by atoms with Crippen LogP contribution in [0.3, 0.4) is 0 Å². The number of likely N-dealkylation sites (N-methyl/N-ethyl adjacent to an activating group) is 1. The summed E-state index contributed by atoms with van der Waals surface area (Å²) in [5.41, 5.74) is 1.11. The van der Waals surface area contributed by atoms with Crippen LogP contribution >= 0.6 is 11.6 Å². The van der Waals surface area contributed by atoms with Crippen LogP contribution in [-0.2, 0) is 16.0 Å². The first-order valence-corrected chi connectivity index (χ1v) is 9.36. The highest BCUT2D eigenvalue weighted by atomic mass is 35.5. The second-order valence-corrected chi connectivity index (χ2v) is 6.54. The normalized spacial score (nSPS) is 11.5. The van der Waals surface area contributed by atoms with E-state index < -0.39 is 6.04 Å². The number of rotatable bonds is 9. The van der Waals surface area contributed by atoms with E-state index in [0.29, 0.717) is 30.2 Å². The maximum atomic E-state index is 12.8. The van der Waals surface area contributed by atoms with Gasteiger partial charge < -0.3 is 15.0 Å². The van der Waals surface area contributed by atoms with Crippen LogP contribution in [0.4, 0.5) is 0 Å². The summed E-state index contributed by atoms with van der Waals surface area (Å²) in [6.45, 7) is 2.18. The van der Waals surface area contributed by atoms with Crippen molar-refractivity contribution in [1.82, 2.24) is 10.2 Å². The molecule has 0 spiro atoms. The van der Waals surface area contributed by atoms with E-state index in [-0.39, 0.29) is 18.4 Å². The average Bonchev–Trinajstić information content (AvgIpc) is 2.69. The summed E-state index contributed by atoms with van der Waals surface area (Å²) in [6.07, 6.45) is 1.19. The van der Waals surface area contributed by atoms with Gasteiger partial charge in [0.05, 0.1) is 0 Å². The van der Waals surface area contributed by atoms with Crippen LogP contribution < -0.4 is 10.1 Å². The molecule has 2 rings (SSSR count). The Labute approximate surface area is 165 Å². The van der Waals surface area contributed by atoms with Gasteiger partial charge in [0.15, 0.2) is 6.61 Å². The molecule has 5 nitrogen and oxygen atoms in total. The van der Waals surface area contributed by atoms with Crippen LogP contribution in [-0.4, -0.2) is 43.0 Å². The molecule has 2 aromatic carbocycles. The molecule has 0 fully saturated rings. The Balaban J connectivity index is 2.09. The first-order valence-electron chi connectivity index (χ1n) is 8.98. The lowest BCUT2D eigenvalue weighted by Crippen LogP contribution is -2.50. The Morgan fingerprint density at radius 2 is 1.89 bits per heavy atom. The van der Waals surface area contributed by atoms with Gasteiger partial charge in [-0.25, -0.2) is 0 Å². The third kappa shape index (κ3) is 6.29. The number of nitrogens with zero attached hydrogens (tertiary/aromatic N) is 1. The van der Waals surface area contributed by atoms with Gasteiger partial charge in [-0.15, -0.1) is 0 Å². The summed E-state index contributed by atoms with van der Waals surface area (Å²) in [5, 5.41) is 3.18. The smallest absolute Gasteiger partial charge is 0.261 e. The zero-order valence-electron chi connectivity index (χ0n) is 15.7. The highest BCUT2D eigenvalue weighted by molar-refractivity contribution is 6.30. The average molecular weight is 389 g/mol. The SMILES string of the molecule is CCC(C(=O)NC)N(CCc1ccccc1)C(=O)COc1cccc(Cl)c1. The molecule has 27 heavy (non-hydrogen) atoms. The van der Waals surface area contributed by atoms with Crippen molar-refractivity contribution in [1.29, 1.82) is 0 Å². The number of amides is 2. The molecule has 0 aliphatic rings. The third-order valence-electron chi connectivity index (χ3n) is 4.27. The molecule has 1 atom stereocenters. The van der Waals surface area contributed by atoms with Crippen LogP contribution in [0.5, 0.6) is 5.75 Å². The number of hydrogen-bond donors (Lipinski definition) is 1. The van der Waals surface area contributed by atoms with Gasteiger partial charge in [0.25, 0.3) is 5.91 Å². The van der Waals surface area contributed by atoms with E-state index in [1.54, 1.807) is 36.2 Å². The van der Waals surface area contributed by atoms with Crippen molar-refractivity contribution in [3.63, 3.8) is 0 Å². The Morgan fingerprint density at radius 1 is 1.15 bits per heavy atom. The molecule has 0 aliphatic carbocycles. The third-order valence-corrected chi connectivity index (χ3v) is 4.51. The second-order valence-electron chi connectivity index (χ2n) is 6.11. The first-order chi connectivity index (χ1) is 13.0. The van der Waals surface area contributed by atoms with Crippen LogP contribution in [0.25, 0.3) is 0 Å². The lowest BCUT2D eigenvalue weighted by Gasteiger charge is -2.30. The predicted molar refractivity (Wildman–Crippen MR) is 107 cm³/mol. The lowest BCUT2D eigenvalue weighted by atomic mass is 10.1. The molecular weight excluding hydrogens is 364 g/mol. The fraction of sp³-hybridized carbons (Fsp3) is 0.333. The number of hydrogen-bond acceptors (Lipinski definition) is 3. The van der Waals surface area contributed by atoms with Crippen molar-refractivity contribution in [2.24, 2.45) is 0 Å². The molecular formula is C21H25ClN2O3. The molecule has 0 radical (unpaired) electrons. The van der Waals surface area contributed by atoms with Gasteiger partial charge in [-0.1, -0.05) is 54.9 Å². The number of benzene rings is 2. The van der Waals surface area contributed by atoms with Crippen LogP contribution in [0.15, 0.2) is 54.6 Å². The molecule has 6 heteroatoms. The number of nitrogens with one attached hydrogen (secondary N) is 1. The van der Waals surface area contributed by atoms with Crippen molar-refractivity contribution in [2.45, 2.75) is 25.8 Å². The molecule has 0 bridgehead atoms. The standard InChI is InChI=1S/C21H25ClN2O3/c1-3-19(21(26)23-2)24(13-12-16-8-5-4-6-9-16)20(25)15-27-18-11-7-10-17(22)14-18/h4-11,14,19H,3,12-13,15H2,1-2H3,(H,23,26). The summed E-state index contributed by atoms with van der Waals surface area (Å²) in [5.74, 6) is 0.106. The number of ether oxygens (including phenoxy) is 1. The topological polar surface area (TPSA) is 58.6 Å². The minimum absolute atomic E-state index is 0.150. The second kappa shape index (κ2) is 10.6. The fourth-order valence-electron chi connectivity index (χ4n) is 2.85. The van der Waals surface area contributed by atoms with Gasteiger partial charge in [0.1, 0.15) is 11.8 Å². The molecule has 0 aromatic heterocycles. The number of carbonyl (C=O) groups is 2. The quantitative estimate of drug-likeness (QED) is 0.716. The van der Waals surface area contributed by atoms with Crippen LogP contribution in [0, 0.1) is 0 Å². The summed E-state index contributed by atoms with van der Waals surface area (Å²) >= 11 is 5.95. The van der Waals surface area contributed by atoms with Gasteiger partial charge in [-0.2, -0.15) is 0 Å². The Hall–Kier alpha value is -2.53. The number of carbonyl (C=O) groups excluding carboxylic acids is 2. The Bertz CT molecular complexity index is 752. The van der Waals surface area contributed by atoms with E-state index in [0.717, 1.165) is 5.56 Å². The van der Waals surface area contributed by atoms with Gasteiger partial charge in [-0.05, 0) is 36.6 Å².